The number of anilines is 2. The smallest absolute Gasteiger partial charge is 0.238 e. The van der Waals surface area contributed by atoms with E-state index in [2.05, 4.69) is 5.32 Å². The van der Waals surface area contributed by atoms with Crippen molar-refractivity contribution in [3.63, 3.8) is 0 Å². The van der Waals surface area contributed by atoms with Gasteiger partial charge in [-0.2, -0.15) is 0 Å². The number of aliphatic hydroxyl groups is 1. The first-order valence-corrected chi connectivity index (χ1v) is 6.72. The molecule has 20 heavy (non-hydrogen) atoms. The summed E-state index contributed by atoms with van der Waals surface area (Å²) in [5, 5.41) is 11.8. The molecule has 0 heterocycles. The summed E-state index contributed by atoms with van der Waals surface area (Å²) in [4.78, 5) is 14.1. The fraction of sp³-hybridized carbons (Fsp3) is 0.500. The second-order valence-electron chi connectivity index (χ2n) is 4.93. The lowest BCUT2D eigenvalue weighted by Crippen LogP contribution is -2.36. The SMILES string of the molecule is COc1ccc(N)cc1NC(=O)CN(CCO)C1CC1. The van der Waals surface area contributed by atoms with Crippen LogP contribution in [0.2, 0.25) is 0 Å². The van der Waals surface area contributed by atoms with Gasteiger partial charge in [-0.1, -0.05) is 0 Å². The van der Waals surface area contributed by atoms with E-state index in [0.29, 0.717) is 29.7 Å². The van der Waals surface area contributed by atoms with E-state index in [1.54, 1.807) is 25.3 Å². The second kappa shape index (κ2) is 6.58. The molecule has 0 spiro atoms. The predicted molar refractivity (Wildman–Crippen MR) is 77.7 cm³/mol. The van der Waals surface area contributed by atoms with Crippen LogP contribution in [-0.2, 0) is 4.79 Å². The Morgan fingerprint density at radius 1 is 1.55 bits per heavy atom. The zero-order valence-corrected chi connectivity index (χ0v) is 11.6. The van der Waals surface area contributed by atoms with Gasteiger partial charge in [0.05, 0.1) is 25.9 Å². The molecular formula is C14H21N3O3. The minimum Gasteiger partial charge on any atom is -0.495 e. The summed E-state index contributed by atoms with van der Waals surface area (Å²) >= 11 is 0. The van der Waals surface area contributed by atoms with Gasteiger partial charge in [0.15, 0.2) is 0 Å². The van der Waals surface area contributed by atoms with Crippen molar-refractivity contribution in [3.05, 3.63) is 18.2 Å². The van der Waals surface area contributed by atoms with Gasteiger partial charge in [-0.3, -0.25) is 9.69 Å². The lowest BCUT2D eigenvalue weighted by Gasteiger charge is -2.20. The number of aliphatic hydroxyl groups excluding tert-OH is 1. The topological polar surface area (TPSA) is 87.8 Å². The Labute approximate surface area is 118 Å². The fourth-order valence-electron chi connectivity index (χ4n) is 2.16. The molecule has 1 saturated carbocycles. The Hall–Kier alpha value is -1.79. The lowest BCUT2D eigenvalue weighted by molar-refractivity contribution is -0.117. The van der Waals surface area contributed by atoms with E-state index in [1.165, 1.54) is 0 Å². The maximum absolute atomic E-state index is 12.1. The van der Waals surface area contributed by atoms with Crippen LogP contribution < -0.4 is 15.8 Å². The van der Waals surface area contributed by atoms with Crippen LogP contribution in [0, 0.1) is 0 Å². The molecule has 1 amide bonds. The zero-order valence-electron chi connectivity index (χ0n) is 11.6. The molecule has 110 valence electrons. The largest absolute Gasteiger partial charge is 0.495 e. The third kappa shape index (κ3) is 3.85. The maximum atomic E-state index is 12.1. The van der Waals surface area contributed by atoms with Gasteiger partial charge in [0, 0.05) is 18.3 Å². The first kappa shape index (κ1) is 14.6. The number of nitrogens with one attached hydrogen (secondary N) is 1. The number of ether oxygens (including phenoxy) is 1. The Bertz CT molecular complexity index is 475. The average molecular weight is 279 g/mol. The quantitative estimate of drug-likeness (QED) is 0.639. The van der Waals surface area contributed by atoms with Gasteiger partial charge < -0.3 is 20.9 Å². The average Bonchev–Trinajstić information content (AvgIpc) is 3.23. The van der Waals surface area contributed by atoms with Crippen LogP contribution in [-0.4, -0.2) is 48.8 Å². The molecule has 1 aromatic rings. The van der Waals surface area contributed by atoms with Crippen molar-refractivity contribution in [1.82, 2.24) is 4.90 Å². The summed E-state index contributed by atoms with van der Waals surface area (Å²) in [5.41, 5.74) is 6.85. The highest BCUT2D eigenvalue weighted by Crippen LogP contribution is 2.28. The number of nitrogens with zero attached hydrogens (tertiary/aromatic N) is 1. The highest BCUT2D eigenvalue weighted by molar-refractivity contribution is 5.94. The lowest BCUT2D eigenvalue weighted by atomic mass is 10.2. The normalized spacial score (nSPS) is 14.3. The molecule has 6 heteroatoms. The third-order valence-electron chi connectivity index (χ3n) is 3.29. The number of hydrogen-bond donors (Lipinski definition) is 3. The third-order valence-corrected chi connectivity index (χ3v) is 3.29. The summed E-state index contributed by atoms with van der Waals surface area (Å²) in [5.74, 6) is 0.446. The molecule has 4 N–H and O–H groups in total. The van der Waals surface area contributed by atoms with Crippen LogP contribution in [0.15, 0.2) is 18.2 Å². The molecule has 0 bridgehead atoms. The minimum atomic E-state index is -0.130. The van der Waals surface area contributed by atoms with Gasteiger partial charge in [0.1, 0.15) is 5.75 Å². The van der Waals surface area contributed by atoms with Crippen LogP contribution in [0.3, 0.4) is 0 Å². The van der Waals surface area contributed by atoms with Gasteiger partial charge in [-0.05, 0) is 31.0 Å². The highest BCUT2D eigenvalue weighted by Gasteiger charge is 2.29. The van der Waals surface area contributed by atoms with E-state index in [1.807, 2.05) is 4.90 Å². The molecule has 0 aromatic heterocycles. The van der Waals surface area contributed by atoms with E-state index < -0.39 is 0 Å². The Kier molecular flexibility index (Phi) is 4.81. The van der Waals surface area contributed by atoms with E-state index in [0.717, 1.165) is 12.8 Å². The second-order valence-corrected chi connectivity index (χ2v) is 4.93. The highest BCUT2D eigenvalue weighted by atomic mass is 16.5. The maximum Gasteiger partial charge on any atom is 0.238 e. The molecule has 1 fully saturated rings. The summed E-state index contributed by atoms with van der Waals surface area (Å²) in [6.45, 7) is 0.848. The number of carbonyl (C=O) groups is 1. The van der Waals surface area contributed by atoms with Gasteiger partial charge in [0.2, 0.25) is 5.91 Å². The number of nitrogens with two attached hydrogens (primary N) is 1. The van der Waals surface area contributed by atoms with Crippen LogP contribution in [0.5, 0.6) is 5.75 Å². The van der Waals surface area contributed by atoms with Crippen molar-refractivity contribution in [1.29, 1.82) is 0 Å². The molecule has 1 aliphatic carbocycles. The first-order valence-electron chi connectivity index (χ1n) is 6.72. The number of amides is 1. The van der Waals surface area contributed by atoms with E-state index in [4.69, 9.17) is 15.6 Å². The first-order chi connectivity index (χ1) is 9.63. The summed E-state index contributed by atoms with van der Waals surface area (Å²) in [6, 6.07) is 5.54. The Morgan fingerprint density at radius 3 is 2.90 bits per heavy atom. The monoisotopic (exact) mass is 279 g/mol. The molecule has 0 unspecified atom stereocenters. The fourth-order valence-corrected chi connectivity index (χ4v) is 2.16. The number of benzene rings is 1. The van der Waals surface area contributed by atoms with Crippen molar-refractivity contribution in [2.45, 2.75) is 18.9 Å². The number of hydrogen-bond acceptors (Lipinski definition) is 5. The van der Waals surface area contributed by atoms with Crippen LogP contribution in [0.4, 0.5) is 11.4 Å². The molecule has 0 saturated heterocycles. The summed E-state index contributed by atoms with van der Waals surface area (Å²) in [7, 11) is 1.55. The van der Waals surface area contributed by atoms with Gasteiger partial charge in [0.25, 0.3) is 0 Å². The van der Waals surface area contributed by atoms with Crippen LogP contribution >= 0.6 is 0 Å². The number of methoxy groups -OCH3 is 1. The molecule has 1 aliphatic rings. The predicted octanol–water partition coefficient (Wildman–Crippen LogP) is 0.673. The minimum absolute atomic E-state index is 0.0609. The van der Waals surface area contributed by atoms with Crippen molar-refractivity contribution in [2.75, 3.05) is 37.9 Å². The van der Waals surface area contributed by atoms with Crippen molar-refractivity contribution >= 4 is 17.3 Å². The number of nitrogen functional groups attached to an aromatic ring is 1. The van der Waals surface area contributed by atoms with Gasteiger partial charge in [-0.15, -0.1) is 0 Å². The van der Waals surface area contributed by atoms with Crippen molar-refractivity contribution in [2.24, 2.45) is 0 Å². The Morgan fingerprint density at radius 2 is 2.30 bits per heavy atom. The van der Waals surface area contributed by atoms with E-state index >= 15 is 0 Å². The summed E-state index contributed by atoms with van der Waals surface area (Å²) < 4.78 is 5.19. The molecular weight excluding hydrogens is 258 g/mol. The molecule has 6 nitrogen and oxygen atoms in total. The molecule has 2 rings (SSSR count). The standard InChI is InChI=1S/C14H21N3O3/c1-20-13-5-2-10(15)8-12(13)16-14(19)9-17(6-7-18)11-3-4-11/h2,5,8,11,18H,3-4,6-7,9,15H2,1H3,(H,16,19). The van der Waals surface area contributed by atoms with E-state index in [-0.39, 0.29) is 19.1 Å². The van der Waals surface area contributed by atoms with Crippen molar-refractivity contribution in [3.8, 4) is 5.75 Å². The Balaban J connectivity index is 1.98. The number of carbonyl (C=O) groups excluding carboxylic acids is 1. The summed E-state index contributed by atoms with van der Waals surface area (Å²) in [6.07, 6.45) is 2.18. The van der Waals surface area contributed by atoms with E-state index in [9.17, 15) is 4.79 Å². The van der Waals surface area contributed by atoms with Crippen molar-refractivity contribution < 1.29 is 14.6 Å². The molecule has 0 aliphatic heterocycles. The van der Waals surface area contributed by atoms with Gasteiger partial charge >= 0.3 is 0 Å². The van der Waals surface area contributed by atoms with Crippen LogP contribution in [0.1, 0.15) is 12.8 Å². The molecule has 0 atom stereocenters. The number of rotatable bonds is 7. The molecule has 1 aromatic carbocycles. The van der Waals surface area contributed by atoms with Crippen LogP contribution in [0.25, 0.3) is 0 Å². The van der Waals surface area contributed by atoms with Gasteiger partial charge in [-0.25, -0.2) is 0 Å². The molecule has 0 radical (unpaired) electrons. The zero-order chi connectivity index (χ0) is 14.5.